The molecule has 0 heterocycles. The van der Waals surface area contributed by atoms with E-state index in [4.69, 9.17) is 11.6 Å². The molecule has 2 N–H and O–H groups in total. The maximum atomic E-state index is 12.1. The first-order chi connectivity index (χ1) is 8.86. The van der Waals surface area contributed by atoms with Gasteiger partial charge in [-0.05, 0) is 54.0 Å². The van der Waals surface area contributed by atoms with Crippen LogP contribution in [0.1, 0.15) is 20.3 Å². The number of halogens is 2. The fourth-order valence-corrected chi connectivity index (χ4v) is 3.08. The zero-order valence-corrected chi connectivity index (χ0v) is 14.1. The second-order valence-electron chi connectivity index (χ2n) is 4.29. The number of hydrogen-bond donors (Lipinski definition) is 2. The van der Waals surface area contributed by atoms with Crippen molar-refractivity contribution >= 4 is 43.2 Å². The third-order valence-electron chi connectivity index (χ3n) is 2.57. The van der Waals surface area contributed by atoms with Gasteiger partial charge in [0.1, 0.15) is 0 Å². The molecule has 7 heteroatoms. The van der Waals surface area contributed by atoms with Crippen molar-refractivity contribution in [2.75, 3.05) is 17.8 Å². The lowest BCUT2D eigenvalue weighted by atomic mass is 10.3. The predicted octanol–water partition coefficient (Wildman–Crippen LogP) is 3.23. The summed E-state index contributed by atoms with van der Waals surface area (Å²) in [6.45, 7) is 4.93. The predicted molar refractivity (Wildman–Crippen MR) is 84.3 cm³/mol. The van der Waals surface area contributed by atoms with Gasteiger partial charge in [-0.15, -0.1) is 0 Å². The maximum absolute atomic E-state index is 12.1. The van der Waals surface area contributed by atoms with Crippen LogP contribution in [0.15, 0.2) is 22.7 Å². The van der Waals surface area contributed by atoms with E-state index in [0.29, 0.717) is 21.7 Å². The second-order valence-corrected chi connectivity index (χ2v) is 7.68. The van der Waals surface area contributed by atoms with Crippen molar-refractivity contribution < 1.29 is 8.42 Å². The van der Waals surface area contributed by atoms with Gasteiger partial charge in [0.2, 0.25) is 10.0 Å². The van der Waals surface area contributed by atoms with Crippen LogP contribution in [0.2, 0.25) is 5.02 Å². The Morgan fingerprint density at radius 1 is 1.42 bits per heavy atom. The van der Waals surface area contributed by atoms with Crippen LogP contribution in [0.4, 0.5) is 5.69 Å². The van der Waals surface area contributed by atoms with Gasteiger partial charge in [-0.2, -0.15) is 0 Å². The summed E-state index contributed by atoms with van der Waals surface area (Å²) in [4.78, 5) is 0. The van der Waals surface area contributed by atoms with Gasteiger partial charge in [0.25, 0.3) is 0 Å². The quantitative estimate of drug-likeness (QED) is 0.725. The fraction of sp³-hybridized carbons (Fsp3) is 0.500. The van der Waals surface area contributed by atoms with Crippen molar-refractivity contribution in [3.8, 4) is 0 Å². The summed E-state index contributed by atoms with van der Waals surface area (Å²) >= 11 is 9.15. The van der Waals surface area contributed by atoms with Crippen molar-refractivity contribution in [1.29, 1.82) is 0 Å². The number of anilines is 1. The molecule has 1 unspecified atom stereocenters. The topological polar surface area (TPSA) is 58.2 Å². The zero-order valence-electron chi connectivity index (χ0n) is 10.9. The van der Waals surface area contributed by atoms with Gasteiger partial charge < -0.3 is 5.32 Å². The molecule has 0 fully saturated rings. The highest BCUT2D eigenvalue weighted by atomic mass is 79.9. The third-order valence-corrected chi connectivity index (χ3v) is 5.23. The summed E-state index contributed by atoms with van der Waals surface area (Å²) in [7, 11) is -3.43. The Morgan fingerprint density at radius 3 is 2.74 bits per heavy atom. The van der Waals surface area contributed by atoms with Crippen LogP contribution >= 0.6 is 27.5 Å². The number of hydrogen-bond acceptors (Lipinski definition) is 3. The van der Waals surface area contributed by atoms with E-state index in [1.807, 2.05) is 6.92 Å². The average molecular weight is 370 g/mol. The molecule has 0 aliphatic rings. The molecule has 0 saturated carbocycles. The van der Waals surface area contributed by atoms with Crippen LogP contribution in [0.3, 0.4) is 0 Å². The Hall–Kier alpha value is -0.300. The molecule has 1 aromatic carbocycles. The third kappa shape index (κ3) is 5.30. The van der Waals surface area contributed by atoms with Crippen LogP contribution < -0.4 is 10.0 Å². The molecule has 0 aromatic heterocycles. The first-order valence-corrected chi connectivity index (χ1v) is 8.76. The summed E-state index contributed by atoms with van der Waals surface area (Å²) in [6.07, 6.45) is 0.972. The second kappa shape index (κ2) is 7.47. The Morgan fingerprint density at radius 2 is 2.11 bits per heavy atom. The zero-order chi connectivity index (χ0) is 14.5. The van der Waals surface area contributed by atoms with E-state index < -0.39 is 15.3 Å². The fourth-order valence-electron chi connectivity index (χ4n) is 1.42. The molecule has 19 heavy (non-hydrogen) atoms. The minimum atomic E-state index is -3.43. The Kier molecular flexibility index (Phi) is 6.59. The van der Waals surface area contributed by atoms with Gasteiger partial charge in [0.05, 0.1) is 10.9 Å². The number of benzene rings is 1. The van der Waals surface area contributed by atoms with Gasteiger partial charge in [0, 0.05) is 16.0 Å². The summed E-state index contributed by atoms with van der Waals surface area (Å²) in [5.41, 5.74) is 0.454. The summed E-state index contributed by atoms with van der Waals surface area (Å²) in [5.74, 6) is 0. The Bertz CT molecular complexity index is 522. The lowest BCUT2D eigenvalue weighted by Gasteiger charge is -2.16. The monoisotopic (exact) mass is 368 g/mol. The van der Waals surface area contributed by atoms with Crippen molar-refractivity contribution in [3.05, 3.63) is 27.7 Å². The average Bonchev–Trinajstić information content (AvgIpc) is 2.33. The standard InChI is InChI=1S/C12H18BrClN2O2S/c1-3-6-15-8-9(2)19(17,18)16-12-7-10(14)4-5-11(12)13/h4-5,7,9,15-16H,3,6,8H2,1-2H3. The molecule has 0 aliphatic carbocycles. The van der Waals surface area contributed by atoms with E-state index in [2.05, 4.69) is 26.0 Å². The van der Waals surface area contributed by atoms with Gasteiger partial charge in [-0.25, -0.2) is 8.42 Å². The van der Waals surface area contributed by atoms with Crippen LogP contribution in [0, 0.1) is 0 Å². The molecule has 0 saturated heterocycles. The van der Waals surface area contributed by atoms with Gasteiger partial charge in [0.15, 0.2) is 0 Å². The largest absolute Gasteiger partial charge is 0.315 e. The molecule has 1 rings (SSSR count). The summed E-state index contributed by atoms with van der Waals surface area (Å²) < 4.78 is 27.5. The van der Waals surface area contributed by atoms with E-state index >= 15 is 0 Å². The lowest BCUT2D eigenvalue weighted by molar-refractivity contribution is 0.576. The highest BCUT2D eigenvalue weighted by molar-refractivity contribution is 9.10. The number of nitrogens with one attached hydrogen (secondary N) is 2. The summed E-state index contributed by atoms with van der Waals surface area (Å²) in [5, 5.41) is 3.06. The van der Waals surface area contributed by atoms with E-state index in [1.54, 1.807) is 25.1 Å². The highest BCUT2D eigenvalue weighted by Crippen LogP contribution is 2.27. The maximum Gasteiger partial charge on any atom is 0.236 e. The molecule has 0 aliphatic heterocycles. The Balaban J connectivity index is 2.75. The van der Waals surface area contributed by atoms with Crippen LogP contribution in [-0.2, 0) is 10.0 Å². The first-order valence-electron chi connectivity index (χ1n) is 6.04. The van der Waals surface area contributed by atoms with Gasteiger partial charge in [-0.3, -0.25) is 4.72 Å². The Labute approximate surface area is 128 Å². The SMILES string of the molecule is CCCNCC(C)S(=O)(=O)Nc1cc(Cl)ccc1Br. The van der Waals surface area contributed by atoms with E-state index in [1.165, 1.54) is 0 Å². The number of rotatable bonds is 7. The molecule has 0 spiro atoms. The van der Waals surface area contributed by atoms with Crippen molar-refractivity contribution in [2.45, 2.75) is 25.5 Å². The van der Waals surface area contributed by atoms with E-state index in [0.717, 1.165) is 13.0 Å². The van der Waals surface area contributed by atoms with Crippen LogP contribution in [-0.4, -0.2) is 26.8 Å². The van der Waals surface area contributed by atoms with Gasteiger partial charge >= 0.3 is 0 Å². The first kappa shape index (κ1) is 16.8. The molecular formula is C12H18BrClN2O2S. The molecule has 0 radical (unpaired) electrons. The molecule has 1 aromatic rings. The van der Waals surface area contributed by atoms with E-state index in [9.17, 15) is 8.42 Å². The molecule has 108 valence electrons. The molecule has 0 bridgehead atoms. The van der Waals surface area contributed by atoms with Crippen LogP contribution in [0.5, 0.6) is 0 Å². The lowest BCUT2D eigenvalue weighted by Crippen LogP contribution is -2.35. The van der Waals surface area contributed by atoms with Crippen molar-refractivity contribution in [2.24, 2.45) is 0 Å². The van der Waals surface area contributed by atoms with Crippen molar-refractivity contribution in [1.82, 2.24) is 5.32 Å². The van der Waals surface area contributed by atoms with Crippen molar-refractivity contribution in [3.63, 3.8) is 0 Å². The minimum Gasteiger partial charge on any atom is -0.315 e. The number of sulfonamides is 1. The van der Waals surface area contributed by atoms with E-state index in [-0.39, 0.29) is 0 Å². The highest BCUT2D eigenvalue weighted by Gasteiger charge is 2.21. The van der Waals surface area contributed by atoms with Gasteiger partial charge in [-0.1, -0.05) is 18.5 Å². The van der Waals surface area contributed by atoms with Crippen LogP contribution in [0.25, 0.3) is 0 Å². The molecule has 1 atom stereocenters. The minimum absolute atomic E-state index is 0.418. The normalized spacial score (nSPS) is 13.3. The summed E-state index contributed by atoms with van der Waals surface area (Å²) in [6, 6.07) is 4.98. The molecule has 0 amide bonds. The smallest absolute Gasteiger partial charge is 0.236 e. The molecular weight excluding hydrogens is 352 g/mol. The molecule has 4 nitrogen and oxygen atoms in total.